The number of nitrogens with zero attached hydrogens (tertiary/aromatic N) is 1. The minimum atomic E-state index is -0.202. The van der Waals surface area contributed by atoms with E-state index in [2.05, 4.69) is 4.98 Å². The fourth-order valence-electron chi connectivity index (χ4n) is 1.39. The van der Waals surface area contributed by atoms with Crippen LogP contribution in [0, 0.1) is 6.92 Å². The third-order valence-corrected chi connectivity index (χ3v) is 2.13. The maximum atomic E-state index is 6.01. The molecule has 2 N–H and O–H groups in total. The van der Waals surface area contributed by atoms with Crippen LogP contribution in [0.2, 0.25) is 0 Å². The van der Waals surface area contributed by atoms with Crippen LogP contribution in [0.25, 0.3) is 0 Å². The Morgan fingerprint density at radius 3 is 2.93 bits per heavy atom. The van der Waals surface area contributed by atoms with E-state index in [1.165, 1.54) is 0 Å². The Morgan fingerprint density at radius 2 is 2.29 bits per heavy atom. The van der Waals surface area contributed by atoms with Crippen LogP contribution in [0.15, 0.2) is 41.1 Å². The molecule has 2 rings (SSSR count). The Morgan fingerprint density at radius 1 is 1.43 bits per heavy atom. The average Bonchev–Trinajstić information content (AvgIpc) is 2.69. The van der Waals surface area contributed by atoms with Gasteiger partial charge in [0.1, 0.15) is 5.76 Å². The highest BCUT2D eigenvalue weighted by Gasteiger charge is 2.11. The van der Waals surface area contributed by atoms with E-state index in [0.29, 0.717) is 0 Å². The second kappa shape index (κ2) is 3.64. The molecule has 2 heterocycles. The molecule has 14 heavy (non-hydrogen) atoms. The van der Waals surface area contributed by atoms with Gasteiger partial charge in [0.05, 0.1) is 12.3 Å². The fourth-order valence-corrected chi connectivity index (χ4v) is 1.39. The van der Waals surface area contributed by atoms with Crippen molar-refractivity contribution in [1.29, 1.82) is 0 Å². The Balaban J connectivity index is 2.32. The van der Waals surface area contributed by atoms with E-state index in [9.17, 15) is 0 Å². The van der Waals surface area contributed by atoms with E-state index in [-0.39, 0.29) is 6.04 Å². The van der Waals surface area contributed by atoms with Gasteiger partial charge in [-0.15, -0.1) is 0 Å². The van der Waals surface area contributed by atoms with Gasteiger partial charge >= 0.3 is 0 Å². The summed E-state index contributed by atoms with van der Waals surface area (Å²) in [7, 11) is 0. The molecule has 0 aliphatic heterocycles. The van der Waals surface area contributed by atoms with E-state index in [1.807, 2.05) is 31.2 Å². The van der Waals surface area contributed by atoms with Gasteiger partial charge in [0.25, 0.3) is 0 Å². The number of hydrogen-bond donors (Lipinski definition) is 1. The highest BCUT2D eigenvalue weighted by atomic mass is 16.3. The smallest absolute Gasteiger partial charge is 0.124 e. The maximum absolute atomic E-state index is 6.01. The summed E-state index contributed by atoms with van der Waals surface area (Å²) in [6, 6.07) is 7.38. The molecule has 0 spiro atoms. The topological polar surface area (TPSA) is 52.0 Å². The highest BCUT2D eigenvalue weighted by Crippen LogP contribution is 2.19. The van der Waals surface area contributed by atoms with Gasteiger partial charge in [-0.25, -0.2) is 0 Å². The molecule has 0 fully saturated rings. The Hall–Kier alpha value is -1.61. The van der Waals surface area contributed by atoms with E-state index < -0.39 is 0 Å². The molecule has 3 heteroatoms. The van der Waals surface area contributed by atoms with Gasteiger partial charge < -0.3 is 10.2 Å². The number of nitrogens with two attached hydrogens (primary N) is 1. The van der Waals surface area contributed by atoms with Crippen molar-refractivity contribution in [3.8, 4) is 0 Å². The predicted molar refractivity (Wildman–Crippen MR) is 53.7 cm³/mol. The minimum absolute atomic E-state index is 0.202. The molecule has 0 saturated heterocycles. The van der Waals surface area contributed by atoms with E-state index in [4.69, 9.17) is 10.2 Å². The van der Waals surface area contributed by atoms with Crippen LogP contribution in [0.5, 0.6) is 0 Å². The van der Waals surface area contributed by atoms with Gasteiger partial charge in [0.2, 0.25) is 0 Å². The van der Waals surface area contributed by atoms with Crippen molar-refractivity contribution >= 4 is 0 Å². The van der Waals surface area contributed by atoms with Crippen molar-refractivity contribution in [2.75, 3.05) is 0 Å². The minimum Gasteiger partial charge on any atom is -0.467 e. The summed E-state index contributed by atoms with van der Waals surface area (Å²) >= 11 is 0. The molecule has 72 valence electrons. The van der Waals surface area contributed by atoms with Crippen LogP contribution >= 0.6 is 0 Å². The summed E-state index contributed by atoms with van der Waals surface area (Å²) in [5.41, 5.74) is 7.99. The lowest BCUT2D eigenvalue weighted by molar-refractivity contribution is 0.489. The number of pyridine rings is 1. The lowest BCUT2D eigenvalue weighted by Crippen LogP contribution is -2.11. The van der Waals surface area contributed by atoms with Crippen molar-refractivity contribution in [2.45, 2.75) is 13.0 Å². The van der Waals surface area contributed by atoms with Crippen molar-refractivity contribution in [2.24, 2.45) is 5.73 Å². The van der Waals surface area contributed by atoms with Crippen LogP contribution < -0.4 is 5.73 Å². The Labute approximate surface area is 82.6 Å². The second-order valence-corrected chi connectivity index (χ2v) is 3.22. The Kier molecular flexibility index (Phi) is 2.33. The number of furan rings is 1. The van der Waals surface area contributed by atoms with Crippen LogP contribution in [0.1, 0.15) is 23.1 Å². The SMILES string of the molecule is Cc1cc(C(N)c2ccco2)ccn1. The summed E-state index contributed by atoms with van der Waals surface area (Å²) < 4.78 is 5.24. The third kappa shape index (κ3) is 1.67. The first-order valence-electron chi connectivity index (χ1n) is 4.49. The lowest BCUT2D eigenvalue weighted by Gasteiger charge is -2.08. The normalized spacial score (nSPS) is 12.7. The molecule has 2 aromatic heterocycles. The molecule has 0 aromatic carbocycles. The maximum Gasteiger partial charge on any atom is 0.124 e. The first-order chi connectivity index (χ1) is 6.77. The zero-order valence-electron chi connectivity index (χ0n) is 7.97. The quantitative estimate of drug-likeness (QED) is 0.784. The molecule has 0 aliphatic rings. The van der Waals surface area contributed by atoms with Crippen molar-refractivity contribution in [1.82, 2.24) is 4.98 Å². The van der Waals surface area contributed by atoms with Crippen molar-refractivity contribution in [3.63, 3.8) is 0 Å². The molecule has 2 aromatic rings. The zero-order valence-corrected chi connectivity index (χ0v) is 7.97. The highest BCUT2D eigenvalue weighted by molar-refractivity contribution is 5.25. The molecule has 3 nitrogen and oxygen atoms in total. The van der Waals surface area contributed by atoms with Crippen molar-refractivity contribution < 1.29 is 4.42 Å². The summed E-state index contributed by atoms with van der Waals surface area (Å²) in [5, 5.41) is 0. The van der Waals surface area contributed by atoms with Gasteiger partial charge in [-0.05, 0) is 36.8 Å². The second-order valence-electron chi connectivity index (χ2n) is 3.22. The molecule has 1 unspecified atom stereocenters. The predicted octanol–water partition coefficient (Wildman–Crippen LogP) is 2.03. The van der Waals surface area contributed by atoms with Crippen molar-refractivity contribution in [3.05, 3.63) is 53.7 Å². The summed E-state index contributed by atoms with van der Waals surface area (Å²) in [6.45, 7) is 1.94. The molecular weight excluding hydrogens is 176 g/mol. The first-order valence-corrected chi connectivity index (χ1v) is 4.49. The van der Waals surface area contributed by atoms with E-state index >= 15 is 0 Å². The monoisotopic (exact) mass is 188 g/mol. The average molecular weight is 188 g/mol. The lowest BCUT2D eigenvalue weighted by atomic mass is 10.1. The van der Waals surface area contributed by atoms with E-state index in [0.717, 1.165) is 17.0 Å². The largest absolute Gasteiger partial charge is 0.467 e. The molecule has 0 radical (unpaired) electrons. The molecule has 0 bridgehead atoms. The third-order valence-electron chi connectivity index (χ3n) is 2.13. The van der Waals surface area contributed by atoms with E-state index in [1.54, 1.807) is 12.5 Å². The zero-order chi connectivity index (χ0) is 9.97. The fraction of sp³-hybridized carbons (Fsp3) is 0.182. The van der Waals surface area contributed by atoms with Crippen LogP contribution in [0.3, 0.4) is 0 Å². The number of rotatable bonds is 2. The summed E-state index contributed by atoms with van der Waals surface area (Å²) in [5.74, 6) is 0.774. The number of aromatic nitrogens is 1. The van der Waals surface area contributed by atoms with Gasteiger partial charge in [0, 0.05) is 11.9 Å². The van der Waals surface area contributed by atoms with Crippen LogP contribution in [-0.2, 0) is 0 Å². The standard InChI is InChI=1S/C11H12N2O/c1-8-7-9(4-5-13-8)11(12)10-3-2-6-14-10/h2-7,11H,12H2,1H3. The van der Waals surface area contributed by atoms with Gasteiger partial charge in [-0.1, -0.05) is 0 Å². The van der Waals surface area contributed by atoms with Crippen LogP contribution in [0.4, 0.5) is 0 Å². The van der Waals surface area contributed by atoms with Gasteiger partial charge in [-0.2, -0.15) is 0 Å². The van der Waals surface area contributed by atoms with Gasteiger partial charge in [0.15, 0.2) is 0 Å². The summed E-state index contributed by atoms with van der Waals surface area (Å²) in [4.78, 5) is 4.12. The molecule has 0 amide bonds. The number of hydrogen-bond acceptors (Lipinski definition) is 3. The number of aryl methyl sites for hydroxylation is 1. The van der Waals surface area contributed by atoms with Gasteiger partial charge in [-0.3, -0.25) is 4.98 Å². The van der Waals surface area contributed by atoms with Crippen LogP contribution in [-0.4, -0.2) is 4.98 Å². The molecule has 0 aliphatic carbocycles. The Bertz CT molecular complexity index is 409. The molecular formula is C11H12N2O. The molecule has 0 saturated carbocycles. The summed E-state index contributed by atoms with van der Waals surface area (Å²) in [6.07, 6.45) is 3.39. The molecule has 1 atom stereocenters. The first kappa shape index (κ1) is 8.97.